The normalized spacial score (nSPS) is 17.0. The van der Waals surface area contributed by atoms with Crippen LogP contribution in [0.1, 0.15) is 51.0 Å². The van der Waals surface area contributed by atoms with Gasteiger partial charge in [0.25, 0.3) is 0 Å². The van der Waals surface area contributed by atoms with Crippen LogP contribution in [0.5, 0.6) is 5.75 Å². The minimum atomic E-state index is -0.173. The molecule has 0 aromatic heterocycles. The summed E-state index contributed by atoms with van der Waals surface area (Å²) in [4.78, 5) is 0. The monoisotopic (exact) mass is 279 g/mol. The number of hydrogen-bond donors (Lipinski definition) is 1. The van der Waals surface area contributed by atoms with Crippen LogP contribution in [0.2, 0.25) is 0 Å². The van der Waals surface area contributed by atoms with E-state index in [0.717, 1.165) is 30.8 Å². The SMILES string of the molecule is CCCCCCCCNCC1Cc2cc(F)ccc2O1. The summed E-state index contributed by atoms with van der Waals surface area (Å²) in [6.45, 7) is 4.15. The molecule has 1 N–H and O–H groups in total. The van der Waals surface area contributed by atoms with Gasteiger partial charge >= 0.3 is 0 Å². The van der Waals surface area contributed by atoms with Crippen molar-refractivity contribution in [2.75, 3.05) is 13.1 Å². The van der Waals surface area contributed by atoms with Gasteiger partial charge in [-0.2, -0.15) is 0 Å². The Morgan fingerprint density at radius 3 is 2.85 bits per heavy atom. The average Bonchev–Trinajstić information content (AvgIpc) is 2.83. The highest BCUT2D eigenvalue weighted by molar-refractivity contribution is 5.37. The van der Waals surface area contributed by atoms with Crippen LogP contribution >= 0.6 is 0 Å². The van der Waals surface area contributed by atoms with Gasteiger partial charge in [0.1, 0.15) is 17.7 Å². The van der Waals surface area contributed by atoms with E-state index in [1.807, 2.05) is 0 Å². The Morgan fingerprint density at radius 1 is 1.20 bits per heavy atom. The van der Waals surface area contributed by atoms with Crippen LogP contribution in [0.3, 0.4) is 0 Å². The van der Waals surface area contributed by atoms with Crippen LogP contribution in [0.4, 0.5) is 4.39 Å². The van der Waals surface area contributed by atoms with E-state index in [1.54, 1.807) is 12.1 Å². The van der Waals surface area contributed by atoms with Crippen molar-refractivity contribution in [1.82, 2.24) is 5.32 Å². The molecule has 0 amide bonds. The standard InChI is InChI=1S/C17H26FNO/c1-2-3-4-5-6-7-10-19-13-16-12-14-11-15(18)8-9-17(14)20-16/h8-9,11,16,19H,2-7,10,12-13H2,1H3. The molecule has 1 unspecified atom stereocenters. The van der Waals surface area contributed by atoms with Crippen LogP contribution in [0, 0.1) is 5.82 Å². The Bertz CT molecular complexity index is 408. The second kappa shape index (κ2) is 8.25. The quantitative estimate of drug-likeness (QED) is 0.688. The minimum Gasteiger partial charge on any atom is -0.488 e. The lowest BCUT2D eigenvalue weighted by atomic mass is 10.1. The number of ether oxygens (including phenoxy) is 1. The average molecular weight is 279 g/mol. The molecule has 1 heterocycles. The van der Waals surface area contributed by atoms with Crippen LogP contribution in [-0.2, 0) is 6.42 Å². The molecule has 0 aliphatic carbocycles. The van der Waals surface area contributed by atoms with Gasteiger partial charge in [-0.15, -0.1) is 0 Å². The largest absolute Gasteiger partial charge is 0.488 e. The molecule has 20 heavy (non-hydrogen) atoms. The zero-order valence-electron chi connectivity index (χ0n) is 12.5. The molecule has 0 saturated carbocycles. The lowest BCUT2D eigenvalue weighted by Gasteiger charge is -2.11. The Morgan fingerprint density at radius 2 is 2.00 bits per heavy atom. The number of benzene rings is 1. The van der Waals surface area contributed by atoms with Crippen LogP contribution in [-0.4, -0.2) is 19.2 Å². The zero-order chi connectivity index (χ0) is 14.2. The van der Waals surface area contributed by atoms with Gasteiger partial charge in [0, 0.05) is 18.5 Å². The first kappa shape index (κ1) is 15.3. The van der Waals surface area contributed by atoms with Crippen molar-refractivity contribution in [2.24, 2.45) is 0 Å². The molecule has 0 radical (unpaired) electrons. The first-order valence-corrected chi connectivity index (χ1v) is 7.95. The zero-order valence-corrected chi connectivity index (χ0v) is 12.5. The summed E-state index contributed by atoms with van der Waals surface area (Å²) in [6.07, 6.45) is 8.89. The molecule has 1 aromatic rings. The molecule has 3 heteroatoms. The van der Waals surface area contributed by atoms with Crippen molar-refractivity contribution in [3.8, 4) is 5.75 Å². The van der Waals surface area contributed by atoms with Crippen LogP contribution in [0.25, 0.3) is 0 Å². The Labute approximate surface area is 121 Å². The number of fused-ring (bicyclic) bond motifs is 1. The van der Waals surface area contributed by atoms with E-state index in [0.29, 0.717) is 0 Å². The predicted octanol–water partition coefficient (Wildman–Crippen LogP) is 4.08. The van der Waals surface area contributed by atoms with E-state index in [-0.39, 0.29) is 11.9 Å². The molecule has 0 saturated heterocycles. The van der Waals surface area contributed by atoms with E-state index in [9.17, 15) is 4.39 Å². The number of rotatable bonds is 9. The molecular weight excluding hydrogens is 253 g/mol. The molecular formula is C17H26FNO. The molecule has 1 atom stereocenters. The van der Waals surface area contributed by atoms with Crippen molar-refractivity contribution >= 4 is 0 Å². The van der Waals surface area contributed by atoms with E-state index >= 15 is 0 Å². The van der Waals surface area contributed by atoms with Gasteiger partial charge in [0.15, 0.2) is 0 Å². The third kappa shape index (κ3) is 4.78. The third-order valence-corrected chi connectivity index (χ3v) is 3.84. The molecule has 0 bridgehead atoms. The van der Waals surface area contributed by atoms with Crippen molar-refractivity contribution < 1.29 is 9.13 Å². The van der Waals surface area contributed by atoms with Gasteiger partial charge < -0.3 is 10.1 Å². The van der Waals surface area contributed by atoms with Gasteiger partial charge in [0.2, 0.25) is 0 Å². The fourth-order valence-corrected chi connectivity index (χ4v) is 2.70. The van der Waals surface area contributed by atoms with Crippen molar-refractivity contribution in [1.29, 1.82) is 0 Å². The van der Waals surface area contributed by atoms with Crippen LogP contribution in [0.15, 0.2) is 18.2 Å². The van der Waals surface area contributed by atoms with E-state index in [2.05, 4.69) is 12.2 Å². The van der Waals surface area contributed by atoms with Gasteiger partial charge in [-0.3, -0.25) is 0 Å². The lowest BCUT2D eigenvalue weighted by molar-refractivity contribution is 0.227. The molecule has 0 fully saturated rings. The molecule has 1 aliphatic heterocycles. The summed E-state index contributed by atoms with van der Waals surface area (Å²) in [5.74, 6) is 0.672. The van der Waals surface area contributed by atoms with Crippen molar-refractivity contribution in [2.45, 2.75) is 58.0 Å². The molecule has 1 aromatic carbocycles. The number of nitrogens with one attached hydrogen (secondary N) is 1. The summed E-state index contributed by atoms with van der Waals surface area (Å²) in [6, 6.07) is 4.78. The van der Waals surface area contributed by atoms with E-state index in [4.69, 9.17) is 4.74 Å². The molecule has 1 aliphatic rings. The van der Waals surface area contributed by atoms with Crippen molar-refractivity contribution in [3.63, 3.8) is 0 Å². The van der Waals surface area contributed by atoms with Crippen LogP contribution < -0.4 is 10.1 Å². The van der Waals surface area contributed by atoms with Gasteiger partial charge in [-0.25, -0.2) is 4.39 Å². The highest BCUT2D eigenvalue weighted by Crippen LogP contribution is 2.28. The first-order chi connectivity index (χ1) is 9.79. The number of halogens is 1. The summed E-state index contributed by atoms with van der Waals surface area (Å²) in [5.41, 5.74) is 0.997. The number of unbranched alkanes of at least 4 members (excludes halogenated alkanes) is 5. The fourth-order valence-electron chi connectivity index (χ4n) is 2.70. The van der Waals surface area contributed by atoms with Gasteiger partial charge in [-0.05, 0) is 31.2 Å². The first-order valence-electron chi connectivity index (χ1n) is 7.95. The predicted molar refractivity (Wildman–Crippen MR) is 80.8 cm³/mol. The Balaban J connectivity index is 1.54. The number of hydrogen-bond acceptors (Lipinski definition) is 2. The topological polar surface area (TPSA) is 21.3 Å². The Hall–Kier alpha value is -1.09. The van der Waals surface area contributed by atoms with E-state index < -0.39 is 0 Å². The summed E-state index contributed by atoms with van der Waals surface area (Å²) < 4.78 is 18.9. The molecule has 112 valence electrons. The maximum atomic E-state index is 13.1. The Kier molecular flexibility index (Phi) is 6.31. The fraction of sp³-hybridized carbons (Fsp3) is 0.647. The third-order valence-electron chi connectivity index (χ3n) is 3.84. The summed E-state index contributed by atoms with van der Waals surface area (Å²) in [7, 11) is 0. The van der Waals surface area contributed by atoms with Gasteiger partial charge in [0.05, 0.1) is 0 Å². The highest BCUT2D eigenvalue weighted by Gasteiger charge is 2.22. The minimum absolute atomic E-state index is 0.159. The highest BCUT2D eigenvalue weighted by atomic mass is 19.1. The summed E-state index contributed by atoms with van der Waals surface area (Å²) >= 11 is 0. The second-order valence-corrected chi connectivity index (χ2v) is 5.67. The summed E-state index contributed by atoms with van der Waals surface area (Å²) in [5, 5.41) is 3.45. The van der Waals surface area contributed by atoms with Gasteiger partial charge in [-0.1, -0.05) is 39.0 Å². The van der Waals surface area contributed by atoms with E-state index in [1.165, 1.54) is 44.6 Å². The smallest absolute Gasteiger partial charge is 0.123 e. The maximum absolute atomic E-state index is 13.1. The second-order valence-electron chi connectivity index (χ2n) is 5.67. The van der Waals surface area contributed by atoms with Crippen molar-refractivity contribution in [3.05, 3.63) is 29.6 Å². The molecule has 0 spiro atoms. The lowest BCUT2D eigenvalue weighted by Crippen LogP contribution is -2.30. The molecule has 2 rings (SSSR count). The molecule has 2 nitrogen and oxygen atoms in total. The maximum Gasteiger partial charge on any atom is 0.123 e.